The molecular formula is C11H12O7. The summed E-state index contributed by atoms with van der Waals surface area (Å²) >= 11 is 0. The number of hydrogen-bond acceptors (Lipinski definition) is 6. The molecule has 0 spiro atoms. The number of esters is 1. The van der Waals surface area contributed by atoms with Crippen molar-refractivity contribution in [2.75, 3.05) is 0 Å². The lowest BCUT2D eigenvalue weighted by molar-refractivity contribution is -0.145. The van der Waals surface area contributed by atoms with Crippen molar-refractivity contribution >= 4 is 11.9 Å². The SMILES string of the molecule is O=C(O)CCCC(=O)OCc1cc(=O)c(O)co1. The number of aliphatic carboxylic acids is 1. The van der Waals surface area contributed by atoms with Gasteiger partial charge >= 0.3 is 11.9 Å². The summed E-state index contributed by atoms with van der Waals surface area (Å²) in [6.45, 7) is -0.235. The van der Waals surface area contributed by atoms with Crippen molar-refractivity contribution in [2.45, 2.75) is 25.9 Å². The third-order valence-corrected chi connectivity index (χ3v) is 2.01. The molecule has 0 bridgehead atoms. The second kappa shape index (κ2) is 6.43. The largest absolute Gasteiger partial charge is 0.502 e. The fourth-order valence-electron chi connectivity index (χ4n) is 1.13. The first-order chi connectivity index (χ1) is 8.49. The lowest BCUT2D eigenvalue weighted by Crippen LogP contribution is -2.07. The lowest BCUT2D eigenvalue weighted by Gasteiger charge is -2.03. The van der Waals surface area contributed by atoms with Crippen LogP contribution in [0.2, 0.25) is 0 Å². The highest BCUT2D eigenvalue weighted by Gasteiger charge is 2.07. The summed E-state index contributed by atoms with van der Waals surface area (Å²) in [6, 6.07) is 1.01. The Balaban J connectivity index is 2.36. The maximum Gasteiger partial charge on any atom is 0.306 e. The summed E-state index contributed by atoms with van der Waals surface area (Å²) in [7, 11) is 0. The van der Waals surface area contributed by atoms with E-state index in [1.165, 1.54) is 0 Å². The fourth-order valence-corrected chi connectivity index (χ4v) is 1.13. The summed E-state index contributed by atoms with van der Waals surface area (Å²) in [5, 5.41) is 17.3. The van der Waals surface area contributed by atoms with E-state index in [4.69, 9.17) is 19.4 Å². The van der Waals surface area contributed by atoms with E-state index in [9.17, 15) is 14.4 Å². The molecule has 7 heteroatoms. The van der Waals surface area contributed by atoms with Crippen molar-refractivity contribution in [1.29, 1.82) is 0 Å². The first-order valence-corrected chi connectivity index (χ1v) is 5.17. The molecule has 18 heavy (non-hydrogen) atoms. The van der Waals surface area contributed by atoms with E-state index in [2.05, 4.69) is 0 Å². The molecule has 0 saturated heterocycles. The van der Waals surface area contributed by atoms with Crippen molar-refractivity contribution < 1.29 is 29.0 Å². The third kappa shape index (κ3) is 4.69. The molecule has 0 unspecified atom stereocenters. The summed E-state index contributed by atoms with van der Waals surface area (Å²) in [4.78, 5) is 32.4. The number of ether oxygens (including phenoxy) is 1. The minimum Gasteiger partial charge on any atom is -0.502 e. The molecule has 0 aliphatic rings. The Hall–Kier alpha value is -2.31. The molecule has 0 saturated carbocycles. The van der Waals surface area contributed by atoms with Crippen molar-refractivity contribution in [2.24, 2.45) is 0 Å². The van der Waals surface area contributed by atoms with Crippen LogP contribution in [0.5, 0.6) is 5.75 Å². The first-order valence-electron chi connectivity index (χ1n) is 5.17. The zero-order chi connectivity index (χ0) is 13.5. The second-order valence-corrected chi connectivity index (χ2v) is 3.50. The van der Waals surface area contributed by atoms with Crippen molar-refractivity contribution in [3.63, 3.8) is 0 Å². The molecule has 0 radical (unpaired) electrons. The van der Waals surface area contributed by atoms with Gasteiger partial charge in [-0.15, -0.1) is 0 Å². The molecule has 0 fully saturated rings. The highest BCUT2D eigenvalue weighted by Crippen LogP contribution is 2.06. The molecule has 1 aromatic rings. The molecular weight excluding hydrogens is 244 g/mol. The number of carboxylic acids is 1. The number of carbonyl (C=O) groups is 2. The molecule has 1 rings (SSSR count). The Bertz CT molecular complexity index is 488. The monoisotopic (exact) mass is 256 g/mol. The number of hydrogen-bond donors (Lipinski definition) is 2. The zero-order valence-corrected chi connectivity index (χ0v) is 9.42. The fraction of sp³-hybridized carbons (Fsp3) is 0.364. The van der Waals surface area contributed by atoms with Crippen LogP contribution in [0.15, 0.2) is 21.5 Å². The van der Waals surface area contributed by atoms with E-state index in [0.29, 0.717) is 0 Å². The van der Waals surface area contributed by atoms with E-state index in [-0.39, 0.29) is 31.6 Å². The summed E-state index contributed by atoms with van der Waals surface area (Å²) in [5.74, 6) is -1.98. The highest BCUT2D eigenvalue weighted by atomic mass is 16.5. The number of rotatable bonds is 6. The van der Waals surface area contributed by atoms with Gasteiger partial charge in [0.15, 0.2) is 5.75 Å². The Morgan fingerprint density at radius 1 is 1.33 bits per heavy atom. The number of carboxylic acid groups (broad SMARTS) is 1. The highest BCUT2D eigenvalue weighted by molar-refractivity contribution is 5.71. The standard InChI is InChI=1S/C11H12O7/c12-8-4-7(17-6-9(8)13)5-18-11(16)3-1-2-10(14)15/h4,6,13H,1-3,5H2,(H,14,15). The third-order valence-electron chi connectivity index (χ3n) is 2.01. The molecule has 0 aliphatic heterocycles. The van der Waals surface area contributed by atoms with Crippen LogP contribution in [0, 0.1) is 0 Å². The van der Waals surface area contributed by atoms with E-state index in [1.54, 1.807) is 0 Å². The zero-order valence-electron chi connectivity index (χ0n) is 9.42. The Morgan fingerprint density at radius 3 is 2.67 bits per heavy atom. The van der Waals surface area contributed by atoms with Gasteiger partial charge in [-0.2, -0.15) is 0 Å². The lowest BCUT2D eigenvalue weighted by atomic mass is 10.2. The van der Waals surface area contributed by atoms with Gasteiger partial charge in [0.1, 0.15) is 18.6 Å². The molecule has 98 valence electrons. The van der Waals surface area contributed by atoms with Crippen LogP contribution < -0.4 is 5.43 Å². The van der Waals surface area contributed by atoms with Crippen molar-refractivity contribution in [3.8, 4) is 5.75 Å². The van der Waals surface area contributed by atoms with E-state index in [1.807, 2.05) is 0 Å². The van der Waals surface area contributed by atoms with Gasteiger partial charge in [0, 0.05) is 18.9 Å². The molecule has 0 atom stereocenters. The molecule has 0 aromatic carbocycles. The minimum atomic E-state index is -0.979. The molecule has 0 aliphatic carbocycles. The van der Waals surface area contributed by atoms with Crippen LogP contribution in [0.25, 0.3) is 0 Å². The predicted molar refractivity (Wildman–Crippen MR) is 57.9 cm³/mol. The molecule has 1 heterocycles. The average molecular weight is 256 g/mol. The Kier molecular flexibility index (Phi) is 4.91. The summed E-state index contributed by atoms with van der Waals surface area (Å²) < 4.78 is 9.57. The predicted octanol–water partition coefficient (Wildman–Crippen LogP) is 0.644. The van der Waals surface area contributed by atoms with Crippen molar-refractivity contribution in [1.82, 2.24) is 0 Å². The van der Waals surface area contributed by atoms with Gasteiger partial charge in [0.05, 0.1) is 0 Å². The van der Waals surface area contributed by atoms with E-state index in [0.717, 1.165) is 12.3 Å². The van der Waals surface area contributed by atoms with E-state index >= 15 is 0 Å². The maximum atomic E-state index is 11.2. The van der Waals surface area contributed by atoms with Gasteiger partial charge in [0.25, 0.3) is 0 Å². The topological polar surface area (TPSA) is 114 Å². The molecule has 0 amide bonds. The Morgan fingerprint density at radius 2 is 2.06 bits per heavy atom. The van der Waals surface area contributed by atoms with Gasteiger partial charge in [-0.25, -0.2) is 0 Å². The minimum absolute atomic E-state index is 0.0192. The first kappa shape index (κ1) is 13.8. The molecule has 7 nitrogen and oxygen atoms in total. The average Bonchev–Trinajstić information content (AvgIpc) is 2.30. The number of carbonyl (C=O) groups excluding carboxylic acids is 1. The normalized spacial score (nSPS) is 10.0. The van der Waals surface area contributed by atoms with Crippen LogP contribution in [0.1, 0.15) is 25.0 Å². The summed E-state index contributed by atoms with van der Waals surface area (Å²) in [5.41, 5.74) is -0.627. The van der Waals surface area contributed by atoms with Crippen LogP contribution in [0.3, 0.4) is 0 Å². The van der Waals surface area contributed by atoms with Crippen LogP contribution in [-0.2, 0) is 20.9 Å². The molecule has 1 aromatic heterocycles. The maximum absolute atomic E-state index is 11.2. The van der Waals surface area contributed by atoms with Crippen LogP contribution in [0.4, 0.5) is 0 Å². The van der Waals surface area contributed by atoms with Gasteiger partial charge in [-0.1, -0.05) is 0 Å². The smallest absolute Gasteiger partial charge is 0.306 e. The van der Waals surface area contributed by atoms with Gasteiger partial charge in [-0.3, -0.25) is 14.4 Å². The summed E-state index contributed by atoms with van der Waals surface area (Å²) in [6.07, 6.45) is 0.918. The molecule has 2 N–H and O–H groups in total. The van der Waals surface area contributed by atoms with Crippen LogP contribution >= 0.6 is 0 Å². The number of aromatic hydroxyl groups is 1. The van der Waals surface area contributed by atoms with Gasteiger partial charge in [-0.05, 0) is 6.42 Å². The quantitative estimate of drug-likeness (QED) is 0.718. The van der Waals surface area contributed by atoms with Crippen LogP contribution in [-0.4, -0.2) is 22.2 Å². The van der Waals surface area contributed by atoms with Gasteiger partial charge in [0.2, 0.25) is 5.43 Å². The van der Waals surface area contributed by atoms with E-state index < -0.39 is 23.1 Å². The van der Waals surface area contributed by atoms with Crippen molar-refractivity contribution in [3.05, 3.63) is 28.3 Å². The van der Waals surface area contributed by atoms with Gasteiger partial charge < -0.3 is 19.4 Å². The Labute approximate surface area is 102 Å². The second-order valence-electron chi connectivity index (χ2n) is 3.50.